The molecule has 1 atom stereocenters. The third-order valence-electron chi connectivity index (χ3n) is 6.51. The summed E-state index contributed by atoms with van der Waals surface area (Å²) in [7, 11) is 1.62. The zero-order valence-electron chi connectivity index (χ0n) is 20.2. The molecule has 2 aliphatic heterocycles. The van der Waals surface area contributed by atoms with Crippen molar-refractivity contribution < 1.29 is 32.3 Å². The number of aromatic nitrogens is 2. The van der Waals surface area contributed by atoms with E-state index in [9.17, 15) is 27.6 Å². The second-order valence-corrected chi connectivity index (χ2v) is 10.2. The summed E-state index contributed by atoms with van der Waals surface area (Å²) in [5.41, 5.74) is -0.525. The van der Waals surface area contributed by atoms with Crippen molar-refractivity contribution in [2.45, 2.75) is 70.1 Å². The fourth-order valence-corrected chi connectivity index (χ4v) is 4.84. The van der Waals surface area contributed by atoms with Crippen molar-refractivity contribution in [1.29, 1.82) is 0 Å². The van der Waals surface area contributed by atoms with Gasteiger partial charge in [0.25, 0.3) is 0 Å². The first-order chi connectivity index (χ1) is 16.2. The fourth-order valence-electron chi connectivity index (χ4n) is 4.84. The van der Waals surface area contributed by atoms with Gasteiger partial charge in [0.15, 0.2) is 0 Å². The molecule has 4 rings (SSSR count). The average molecular weight is 495 g/mol. The maximum atomic E-state index is 14.2. The lowest BCUT2D eigenvalue weighted by atomic mass is 9.84. The molecule has 190 valence electrons. The normalized spacial score (nSPS) is 20.3. The number of benzene rings is 1. The largest absolute Gasteiger partial charge is 0.444 e. The number of amides is 3. The molecule has 2 aromatic rings. The predicted octanol–water partition coefficient (Wildman–Crippen LogP) is 4.23. The number of imide groups is 1. The van der Waals surface area contributed by atoms with Crippen LogP contribution in [0.2, 0.25) is 0 Å². The molecule has 1 N–H and O–H groups in total. The maximum Gasteiger partial charge on any atom is 0.416 e. The second-order valence-electron chi connectivity index (χ2n) is 10.2. The molecule has 8 nitrogen and oxygen atoms in total. The van der Waals surface area contributed by atoms with E-state index in [0.717, 1.165) is 6.07 Å². The summed E-state index contributed by atoms with van der Waals surface area (Å²) in [6.45, 7) is 5.88. The number of rotatable bonds is 2. The molecule has 1 aromatic heterocycles. The van der Waals surface area contributed by atoms with Gasteiger partial charge in [-0.1, -0.05) is 0 Å². The summed E-state index contributed by atoms with van der Waals surface area (Å²) in [5.74, 6) is -2.14. The van der Waals surface area contributed by atoms with Crippen molar-refractivity contribution in [2.75, 3.05) is 13.1 Å². The highest BCUT2D eigenvalue weighted by Gasteiger charge is 2.39. The number of ether oxygens (including phenoxy) is 1. The van der Waals surface area contributed by atoms with Gasteiger partial charge in [-0.25, -0.2) is 4.79 Å². The Morgan fingerprint density at radius 3 is 2.34 bits per heavy atom. The van der Waals surface area contributed by atoms with Gasteiger partial charge in [-0.05, 0) is 63.6 Å². The van der Waals surface area contributed by atoms with Crippen LogP contribution >= 0.6 is 0 Å². The summed E-state index contributed by atoms with van der Waals surface area (Å²) < 4.78 is 49.5. The standard InChI is InChI=1S/C24H29F3N4O4/c1-23(2,3)35-22(34)31-9-7-13(8-10-31)15-12-18-16(11-17(15)24(25,26)27)20(29-30(18)4)14-5-6-19(32)28-21(14)33/h11-14H,5-10H2,1-4H3,(H,28,32,33). The van der Waals surface area contributed by atoms with E-state index in [0.29, 0.717) is 31.4 Å². The number of alkyl halides is 3. The monoisotopic (exact) mass is 494 g/mol. The number of halogens is 3. The number of piperidine rings is 2. The summed E-state index contributed by atoms with van der Waals surface area (Å²) in [6, 6.07) is 2.59. The van der Waals surface area contributed by atoms with Crippen molar-refractivity contribution in [3.05, 3.63) is 29.0 Å². The number of carbonyl (C=O) groups is 3. The van der Waals surface area contributed by atoms with E-state index in [2.05, 4.69) is 10.4 Å². The molecule has 1 unspecified atom stereocenters. The van der Waals surface area contributed by atoms with E-state index in [-0.39, 0.29) is 29.5 Å². The molecule has 3 heterocycles. The molecule has 35 heavy (non-hydrogen) atoms. The van der Waals surface area contributed by atoms with E-state index < -0.39 is 47.1 Å². The molecular weight excluding hydrogens is 465 g/mol. The highest BCUT2D eigenvalue weighted by molar-refractivity contribution is 6.02. The Morgan fingerprint density at radius 2 is 1.77 bits per heavy atom. The number of aryl methyl sites for hydroxylation is 1. The minimum atomic E-state index is -4.61. The lowest BCUT2D eigenvalue weighted by Gasteiger charge is -2.34. The molecule has 1 aromatic carbocycles. The van der Waals surface area contributed by atoms with Crippen molar-refractivity contribution in [2.24, 2.45) is 7.05 Å². The number of hydrogen-bond donors (Lipinski definition) is 1. The Labute approximate surface area is 200 Å². The first-order valence-corrected chi connectivity index (χ1v) is 11.6. The quantitative estimate of drug-likeness (QED) is 0.631. The van der Waals surface area contributed by atoms with Crippen LogP contribution in [0.4, 0.5) is 18.0 Å². The Balaban J connectivity index is 1.67. The number of likely N-dealkylation sites (tertiary alicyclic amines) is 1. The molecule has 0 radical (unpaired) electrons. The summed E-state index contributed by atoms with van der Waals surface area (Å²) >= 11 is 0. The molecule has 2 aliphatic rings. The smallest absolute Gasteiger partial charge is 0.416 e. The molecule has 0 aliphatic carbocycles. The van der Waals surface area contributed by atoms with Gasteiger partial charge in [0, 0.05) is 31.9 Å². The molecule has 3 amide bonds. The van der Waals surface area contributed by atoms with E-state index >= 15 is 0 Å². The molecular formula is C24H29F3N4O4. The van der Waals surface area contributed by atoms with E-state index in [4.69, 9.17) is 4.74 Å². The van der Waals surface area contributed by atoms with Gasteiger partial charge in [-0.2, -0.15) is 18.3 Å². The second kappa shape index (κ2) is 8.83. The summed E-state index contributed by atoms with van der Waals surface area (Å²) in [6.07, 6.45) is -4.04. The Hall–Kier alpha value is -3.11. The number of nitrogens with one attached hydrogen (secondary N) is 1. The number of nitrogens with zero attached hydrogens (tertiary/aromatic N) is 3. The molecule has 2 fully saturated rings. The van der Waals surface area contributed by atoms with Crippen LogP contribution < -0.4 is 5.32 Å². The Kier molecular flexibility index (Phi) is 6.31. The molecule has 11 heteroatoms. The number of fused-ring (bicyclic) bond motifs is 1. The summed E-state index contributed by atoms with van der Waals surface area (Å²) in [4.78, 5) is 37.8. The van der Waals surface area contributed by atoms with E-state index in [1.165, 1.54) is 15.6 Å². The first kappa shape index (κ1) is 25.0. The zero-order valence-corrected chi connectivity index (χ0v) is 20.2. The van der Waals surface area contributed by atoms with E-state index in [1.807, 2.05) is 0 Å². The number of carbonyl (C=O) groups excluding carboxylic acids is 3. The first-order valence-electron chi connectivity index (χ1n) is 11.6. The van der Waals surface area contributed by atoms with Gasteiger partial charge in [-0.3, -0.25) is 19.6 Å². The van der Waals surface area contributed by atoms with Gasteiger partial charge in [0.2, 0.25) is 11.8 Å². The third kappa shape index (κ3) is 5.13. The van der Waals surface area contributed by atoms with Gasteiger partial charge in [0.1, 0.15) is 5.60 Å². The van der Waals surface area contributed by atoms with Crippen molar-refractivity contribution in [1.82, 2.24) is 20.0 Å². The predicted molar refractivity (Wildman–Crippen MR) is 121 cm³/mol. The van der Waals surface area contributed by atoms with Crippen LogP contribution in [0.3, 0.4) is 0 Å². The van der Waals surface area contributed by atoms with Crippen LogP contribution in [0.5, 0.6) is 0 Å². The van der Waals surface area contributed by atoms with E-state index in [1.54, 1.807) is 27.8 Å². The van der Waals surface area contributed by atoms with Crippen LogP contribution in [-0.4, -0.2) is 51.3 Å². The van der Waals surface area contributed by atoms with Crippen LogP contribution in [0.25, 0.3) is 10.9 Å². The highest BCUT2D eigenvalue weighted by atomic mass is 19.4. The topological polar surface area (TPSA) is 93.5 Å². The van der Waals surface area contributed by atoms with Crippen molar-refractivity contribution >= 4 is 28.8 Å². The van der Waals surface area contributed by atoms with Gasteiger partial charge in [-0.15, -0.1) is 0 Å². The molecule has 0 saturated carbocycles. The van der Waals surface area contributed by atoms with Crippen molar-refractivity contribution in [3.63, 3.8) is 0 Å². The highest BCUT2D eigenvalue weighted by Crippen LogP contribution is 2.42. The van der Waals surface area contributed by atoms with Gasteiger partial charge >= 0.3 is 12.3 Å². The Bertz CT molecular complexity index is 1170. The van der Waals surface area contributed by atoms with Crippen LogP contribution in [0.1, 0.15) is 75.1 Å². The minimum Gasteiger partial charge on any atom is -0.444 e. The average Bonchev–Trinajstić information content (AvgIpc) is 3.07. The lowest BCUT2D eigenvalue weighted by Crippen LogP contribution is -2.41. The van der Waals surface area contributed by atoms with Crippen LogP contribution in [-0.2, 0) is 27.5 Å². The van der Waals surface area contributed by atoms with Gasteiger partial charge < -0.3 is 9.64 Å². The zero-order chi connectivity index (χ0) is 25.7. The molecule has 0 spiro atoms. The van der Waals surface area contributed by atoms with Crippen LogP contribution in [0.15, 0.2) is 12.1 Å². The minimum absolute atomic E-state index is 0.106. The van der Waals surface area contributed by atoms with Crippen LogP contribution in [0, 0.1) is 0 Å². The molecule has 2 saturated heterocycles. The van der Waals surface area contributed by atoms with Crippen molar-refractivity contribution in [3.8, 4) is 0 Å². The summed E-state index contributed by atoms with van der Waals surface area (Å²) in [5, 5.41) is 6.87. The molecule has 0 bridgehead atoms. The SMILES string of the molecule is Cn1nc(C2CCC(=O)NC2=O)c2cc(C(F)(F)F)c(C3CCN(C(=O)OC(C)(C)C)CC3)cc21. The number of hydrogen-bond acceptors (Lipinski definition) is 5. The maximum absolute atomic E-state index is 14.2. The fraction of sp³-hybridized carbons (Fsp3) is 0.583. The lowest BCUT2D eigenvalue weighted by molar-refractivity contribution is -0.138. The Morgan fingerprint density at radius 1 is 1.11 bits per heavy atom. The third-order valence-corrected chi connectivity index (χ3v) is 6.51. The van der Waals surface area contributed by atoms with Gasteiger partial charge in [0.05, 0.1) is 22.7 Å².